The minimum atomic E-state index is -3.31. The molecule has 1 atom stereocenters. The van der Waals surface area contributed by atoms with Gasteiger partial charge >= 0.3 is 5.97 Å². The number of aromatic carboxylic acids is 1. The van der Waals surface area contributed by atoms with Crippen LogP contribution >= 0.6 is 0 Å². The van der Waals surface area contributed by atoms with E-state index in [9.17, 15) is 18.3 Å². The molecule has 0 aliphatic rings. The summed E-state index contributed by atoms with van der Waals surface area (Å²) in [5.41, 5.74) is 2.64. The van der Waals surface area contributed by atoms with Crippen LogP contribution < -0.4 is 10.1 Å². The molecule has 4 aromatic rings. The van der Waals surface area contributed by atoms with Gasteiger partial charge in [-0.1, -0.05) is 54.6 Å². The first kappa shape index (κ1) is 24.4. The lowest BCUT2D eigenvalue weighted by Crippen LogP contribution is -2.24. The van der Waals surface area contributed by atoms with E-state index in [1.165, 1.54) is 34.5 Å². The van der Waals surface area contributed by atoms with Crippen molar-refractivity contribution in [3.05, 3.63) is 96.1 Å². The fourth-order valence-corrected chi connectivity index (χ4v) is 4.68. The van der Waals surface area contributed by atoms with Crippen LogP contribution in [0, 0.1) is 0 Å². The Kier molecular flexibility index (Phi) is 7.19. The molecule has 0 heterocycles. The molecule has 7 heteroatoms. The zero-order chi connectivity index (χ0) is 25.0. The molecule has 0 aromatic heterocycles. The molecule has 0 saturated carbocycles. The van der Waals surface area contributed by atoms with Crippen molar-refractivity contribution in [1.82, 2.24) is 5.32 Å². The molecule has 2 N–H and O–H groups in total. The van der Waals surface area contributed by atoms with Crippen LogP contribution in [0.5, 0.6) is 5.75 Å². The maximum Gasteiger partial charge on any atom is 0.335 e. The summed E-state index contributed by atoms with van der Waals surface area (Å²) in [5, 5.41) is 15.4. The summed E-state index contributed by atoms with van der Waals surface area (Å²) in [5.74, 6) is -0.626. The number of rotatable bonds is 9. The molecule has 0 amide bonds. The highest BCUT2D eigenvalue weighted by Crippen LogP contribution is 2.28. The second kappa shape index (κ2) is 10.3. The van der Waals surface area contributed by atoms with Crippen LogP contribution in [0.1, 0.15) is 28.9 Å². The number of carboxylic acid groups (broad SMARTS) is 1. The van der Waals surface area contributed by atoms with Crippen LogP contribution in [-0.2, 0) is 9.84 Å². The molecule has 6 nitrogen and oxygen atoms in total. The maximum atomic E-state index is 11.7. The third-order valence-corrected chi connectivity index (χ3v) is 7.01. The Hall–Kier alpha value is -3.68. The summed E-state index contributed by atoms with van der Waals surface area (Å²) in [7, 11) is -3.31. The molecule has 0 fully saturated rings. The van der Waals surface area contributed by atoms with Crippen molar-refractivity contribution in [2.75, 3.05) is 19.4 Å². The van der Waals surface area contributed by atoms with Gasteiger partial charge in [0, 0.05) is 18.8 Å². The lowest BCUT2D eigenvalue weighted by Gasteiger charge is -2.17. The van der Waals surface area contributed by atoms with Crippen molar-refractivity contribution in [2.24, 2.45) is 0 Å². The number of fused-ring (bicyclic) bond motifs is 1. The highest BCUT2D eigenvalue weighted by atomic mass is 32.2. The van der Waals surface area contributed by atoms with E-state index in [2.05, 4.69) is 36.5 Å². The average Bonchev–Trinajstić information content (AvgIpc) is 2.85. The molecule has 0 bridgehead atoms. The molecule has 35 heavy (non-hydrogen) atoms. The van der Waals surface area contributed by atoms with Gasteiger partial charge in [-0.15, -0.1) is 0 Å². The molecule has 0 unspecified atom stereocenters. The first-order valence-corrected chi connectivity index (χ1v) is 13.1. The lowest BCUT2D eigenvalue weighted by molar-refractivity contribution is 0.0696. The van der Waals surface area contributed by atoms with E-state index in [-0.39, 0.29) is 16.5 Å². The van der Waals surface area contributed by atoms with E-state index in [0.29, 0.717) is 30.0 Å². The van der Waals surface area contributed by atoms with E-state index in [1.807, 2.05) is 18.2 Å². The number of hydrogen-bond acceptors (Lipinski definition) is 5. The molecule has 0 spiro atoms. The molecule has 180 valence electrons. The van der Waals surface area contributed by atoms with E-state index < -0.39 is 15.8 Å². The second-order valence-corrected chi connectivity index (χ2v) is 10.5. The van der Waals surface area contributed by atoms with Crippen molar-refractivity contribution >= 4 is 26.6 Å². The smallest absolute Gasteiger partial charge is 0.335 e. The van der Waals surface area contributed by atoms with Crippen molar-refractivity contribution in [2.45, 2.75) is 17.9 Å². The van der Waals surface area contributed by atoms with Gasteiger partial charge in [0.25, 0.3) is 0 Å². The Morgan fingerprint density at radius 3 is 2.37 bits per heavy atom. The Morgan fingerprint density at radius 1 is 0.943 bits per heavy atom. The van der Waals surface area contributed by atoms with Crippen LogP contribution in [0.25, 0.3) is 21.9 Å². The lowest BCUT2D eigenvalue weighted by atomic mass is 10.00. The van der Waals surface area contributed by atoms with Crippen LogP contribution in [0.3, 0.4) is 0 Å². The van der Waals surface area contributed by atoms with Gasteiger partial charge < -0.3 is 15.2 Å². The molecule has 0 radical (unpaired) electrons. The summed E-state index contributed by atoms with van der Waals surface area (Å²) in [6.45, 7) is 3.02. The Morgan fingerprint density at radius 2 is 1.66 bits per heavy atom. The van der Waals surface area contributed by atoms with Gasteiger partial charge in [-0.05, 0) is 64.7 Å². The van der Waals surface area contributed by atoms with Gasteiger partial charge in [-0.2, -0.15) is 0 Å². The fourth-order valence-electron chi connectivity index (χ4n) is 4.05. The van der Waals surface area contributed by atoms with Gasteiger partial charge in [-0.25, -0.2) is 13.2 Å². The van der Waals surface area contributed by atoms with Gasteiger partial charge in [-0.3, -0.25) is 0 Å². The molecular formula is C28H27NO5S. The number of benzene rings is 4. The molecule has 0 aliphatic heterocycles. The van der Waals surface area contributed by atoms with E-state index in [1.54, 1.807) is 24.3 Å². The van der Waals surface area contributed by atoms with E-state index in [4.69, 9.17) is 4.74 Å². The predicted molar refractivity (Wildman–Crippen MR) is 138 cm³/mol. The van der Waals surface area contributed by atoms with Gasteiger partial charge in [0.15, 0.2) is 9.84 Å². The standard InChI is InChI=1S/C28H27NO5S/c1-19(26-9-5-7-21-6-3-4-8-27(21)26)29-14-15-34-24-17-22(16-23(18-24)28(30)31)20-10-12-25(13-11-20)35(2,32)33/h3-13,16-19,29H,14-15H2,1-2H3,(H,30,31)/t19-/m1/s1. The molecule has 0 saturated heterocycles. The first-order valence-electron chi connectivity index (χ1n) is 11.2. The number of nitrogens with one attached hydrogen (secondary N) is 1. The summed E-state index contributed by atoms with van der Waals surface area (Å²) >= 11 is 0. The van der Waals surface area contributed by atoms with Crippen LogP contribution in [0.15, 0.2) is 89.8 Å². The van der Waals surface area contributed by atoms with Crippen molar-refractivity contribution < 1.29 is 23.1 Å². The molecule has 0 aliphatic carbocycles. The largest absolute Gasteiger partial charge is 0.492 e. The normalized spacial score (nSPS) is 12.4. The second-order valence-electron chi connectivity index (χ2n) is 8.44. The predicted octanol–water partition coefficient (Wildman–Crippen LogP) is 5.34. The molecular weight excluding hydrogens is 462 g/mol. The highest BCUT2D eigenvalue weighted by molar-refractivity contribution is 7.90. The third-order valence-electron chi connectivity index (χ3n) is 5.88. The fraction of sp³-hybridized carbons (Fsp3) is 0.179. The summed E-state index contributed by atoms with van der Waals surface area (Å²) < 4.78 is 29.3. The molecule has 4 rings (SSSR count). The van der Waals surface area contributed by atoms with Crippen molar-refractivity contribution in [3.63, 3.8) is 0 Å². The van der Waals surface area contributed by atoms with Gasteiger partial charge in [0.2, 0.25) is 0 Å². The summed E-state index contributed by atoms with van der Waals surface area (Å²) in [6.07, 6.45) is 1.15. The monoisotopic (exact) mass is 489 g/mol. The van der Waals surface area contributed by atoms with E-state index >= 15 is 0 Å². The van der Waals surface area contributed by atoms with Crippen LogP contribution in [-0.4, -0.2) is 38.9 Å². The Bertz CT molecular complexity index is 1460. The number of carbonyl (C=O) groups is 1. The zero-order valence-corrected chi connectivity index (χ0v) is 20.4. The SMILES string of the molecule is C[C@@H](NCCOc1cc(C(=O)O)cc(-c2ccc(S(C)(=O)=O)cc2)c1)c1cccc2ccccc12. The topological polar surface area (TPSA) is 92.7 Å². The third kappa shape index (κ3) is 5.88. The first-order chi connectivity index (χ1) is 16.7. The summed E-state index contributed by atoms with van der Waals surface area (Å²) in [6, 6.07) is 25.8. The zero-order valence-electron chi connectivity index (χ0n) is 19.6. The van der Waals surface area contributed by atoms with Gasteiger partial charge in [0.05, 0.1) is 10.5 Å². The van der Waals surface area contributed by atoms with E-state index in [0.717, 1.165) is 6.26 Å². The number of sulfone groups is 1. The maximum absolute atomic E-state index is 11.7. The van der Waals surface area contributed by atoms with Crippen molar-refractivity contribution in [1.29, 1.82) is 0 Å². The Balaban J connectivity index is 1.45. The van der Waals surface area contributed by atoms with Crippen LogP contribution in [0.2, 0.25) is 0 Å². The minimum Gasteiger partial charge on any atom is -0.492 e. The van der Waals surface area contributed by atoms with Gasteiger partial charge in [0.1, 0.15) is 12.4 Å². The average molecular weight is 490 g/mol. The number of hydrogen-bond donors (Lipinski definition) is 2. The number of carboxylic acids is 1. The number of ether oxygens (including phenoxy) is 1. The minimum absolute atomic E-state index is 0.0989. The highest BCUT2D eigenvalue weighted by Gasteiger charge is 2.12. The Labute approximate surface area is 205 Å². The van der Waals surface area contributed by atoms with Crippen LogP contribution in [0.4, 0.5) is 0 Å². The molecule has 4 aromatic carbocycles. The van der Waals surface area contributed by atoms with Crippen molar-refractivity contribution in [3.8, 4) is 16.9 Å². The quantitative estimate of drug-likeness (QED) is 0.309. The summed E-state index contributed by atoms with van der Waals surface area (Å²) in [4.78, 5) is 11.9.